The van der Waals surface area contributed by atoms with Gasteiger partial charge in [-0.1, -0.05) is 51.8 Å². The Morgan fingerprint density at radius 1 is 1.00 bits per heavy atom. The van der Waals surface area contributed by atoms with Gasteiger partial charge in [-0.05, 0) is 48.2 Å². The molecule has 0 spiro atoms. The second kappa shape index (κ2) is 6.37. The highest BCUT2D eigenvalue weighted by atomic mass is 79.9. The third-order valence-corrected chi connectivity index (χ3v) is 3.56. The monoisotopic (exact) mass is 323 g/mol. The minimum absolute atomic E-state index is 0.115. The highest BCUT2D eigenvalue weighted by Gasteiger charge is 2.06. The van der Waals surface area contributed by atoms with Crippen LogP contribution in [-0.4, -0.2) is 6.04 Å². The average Bonchev–Trinajstić information content (AvgIpc) is 2.32. The summed E-state index contributed by atoms with van der Waals surface area (Å²) in [6.07, 6.45) is 1.72. The number of hydrogen-bond donors (Lipinski definition) is 1. The van der Waals surface area contributed by atoms with E-state index >= 15 is 0 Å². The Balaban J connectivity index is 1.96. The second-order valence-corrected chi connectivity index (χ2v) is 5.78. The summed E-state index contributed by atoms with van der Waals surface area (Å²) >= 11 is 9.39. The number of halogens is 2. The Hall–Kier alpha value is -0.830. The van der Waals surface area contributed by atoms with Crippen LogP contribution < -0.4 is 5.73 Å². The highest BCUT2D eigenvalue weighted by molar-refractivity contribution is 9.10. The van der Waals surface area contributed by atoms with Crippen molar-refractivity contribution in [3.05, 3.63) is 69.2 Å². The standard InChI is InChI=1S/C15H15BrClN/c16-13-6-4-11(5-7-13)9-15(18)10-12-2-1-3-14(17)8-12/h1-8,15H,9-10,18H2. The molecule has 0 amide bonds. The molecule has 0 saturated heterocycles. The van der Waals surface area contributed by atoms with Crippen LogP contribution in [0.3, 0.4) is 0 Å². The summed E-state index contributed by atoms with van der Waals surface area (Å²) in [5, 5.41) is 0.767. The molecule has 0 aromatic heterocycles. The Kier molecular flexibility index (Phi) is 4.81. The topological polar surface area (TPSA) is 26.0 Å². The average molecular weight is 325 g/mol. The van der Waals surface area contributed by atoms with E-state index in [0.29, 0.717) is 0 Å². The van der Waals surface area contributed by atoms with Crippen molar-refractivity contribution in [2.75, 3.05) is 0 Å². The van der Waals surface area contributed by atoms with Gasteiger partial charge in [-0.15, -0.1) is 0 Å². The van der Waals surface area contributed by atoms with Crippen molar-refractivity contribution in [1.29, 1.82) is 0 Å². The molecule has 1 nitrogen and oxygen atoms in total. The Bertz CT molecular complexity index is 510. The normalized spacial score (nSPS) is 12.4. The first kappa shape index (κ1) is 13.6. The zero-order valence-corrected chi connectivity index (χ0v) is 12.3. The SMILES string of the molecule is NC(Cc1ccc(Br)cc1)Cc1cccc(Cl)c1. The van der Waals surface area contributed by atoms with E-state index in [-0.39, 0.29) is 6.04 Å². The lowest BCUT2D eigenvalue weighted by molar-refractivity contribution is 0.665. The summed E-state index contributed by atoms with van der Waals surface area (Å²) in [7, 11) is 0. The summed E-state index contributed by atoms with van der Waals surface area (Å²) in [5.41, 5.74) is 8.62. The van der Waals surface area contributed by atoms with Crippen molar-refractivity contribution in [3.8, 4) is 0 Å². The van der Waals surface area contributed by atoms with Gasteiger partial charge >= 0.3 is 0 Å². The maximum atomic E-state index is 6.17. The van der Waals surface area contributed by atoms with Crippen LogP contribution in [0.25, 0.3) is 0 Å². The molecule has 3 heteroatoms. The first-order valence-electron chi connectivity index (χ1n) is 5.88. The van der Waals surface area contributed by atoms with Crippen LogP contribution in [0.2, 0.25) is 5.02 Å². The third kappa shape index (κ3) is 4.13. The van der Waals surface area contributed by atoms with Crippen LogP contribution >= 0.6 is 27.5 Å². The van der Waals surface area contributed by atoms with Crippen LogP contribution in [-0.2, 0) is 12.8 Å². The van der Waals surface area contributed by atoms with Gasteiger partial charge in [0.05, 0.1) is 0 Å². The molecule has 1 atom stereocenters. The Morgan fingerprint density at radius 2 is 1.67 bits per heavy atom. The Morgan fingerprint density at radius 3 is 2.33 bits per heavy atom. The van der Waals surface area contributed by atoms with Gasteiger partial charge in [0.15, 0.2) is 0 Å². The fraction of sp³-hybridized carbons (Fsp3) is 0.200. The van der Waals surface area contributed by atoms with Gasteiger partial charge in [0.25, 0.3) is 0 Å². The number of benzene rings is 2. The van der Waals surface area contributed by atoms with E-state index in [1.165, 1.54) is 11.1 Å². The van der Waals surface area contributed by atoms with Crippen LogP contribution in [0.4, 0.5) is 0 Å². The molecule has 0 bridgehead atoms. The second-order valence-electron chi connectivity index (χ2n) is 4.42. The quantitative estimate of drug-likeness (QED) is 0.895. The minimum atomic E-state index is 0.115. The van der Waals surface area contributed by atoms with Crippen molar-refractivity contribution in [3.63, 3.8) is 0 Å². The van der Waals surface area contributed by atoms with Crippen molar-refractivity contribution >= 4 is 27.5 Å². The molecule has 1 unspecified atom stereocenters. The minimum Gasteiger partial charge on any atom is -0.327 e. The molecule has 0 aliphatic rings. The molecule has 2 aromatic carbocycles. The molecule has 0 aliphatic heterocycles. The van der Waals surface area contributed by atoms with Crippen molar-refractivity contribution in [2.45, 2.75) is 18.9 Å². The number of hydrogen-bond acceptors (Lipinski definition) is 1. The fourth-order valence-electron chi connectivity index (χ4n) is 1.96. The summed E-state index contributed by atoms with van der Waals surface area (Å²) in [6.45, 7) is 0. The van der Waals surface area contributed by atoms with Crippen molar-refractivity contribution < 1.29 is 0 Å². The first-order valence-corrected chi connectivity index (χ1v) is 7.05. The largest absolute Gasteiger partial charge is 0.327 e. The van der Waals surface area contributed by atoms with E-state index in [0.717, 1.165) is 22.3 Å². The highest BCUT2D eigenvalue weighted by Crippen LogP contribution is 2.15. The summed E-state index contributed by atoms with van der Waals surface area (Å²) in [4.78, 5) is 0. The van der Waals surface area contributed by atoms with Gasteiger partial charge in [0, 0.05) is 15.5 Å². The number of rotatable bonds is 4. The molecule has 0 heterocycles. The van der Waals surface area contributed by atoms with Gasteiger partial charge in [-0.3, -0.25) is 0 Å². The maximum Gasteiger partial charge on any atom is 0.0408 e. The molecular formula is C15H15BrClN. The predicted octanol–water partition coefficient (Wildman–Crippen LogP) is 4.22. The van der Waals surface area contributed by atoms with Crippen molar-refractivity contribution in [2.24, 2.45) is 5.73 Å². The van der Waals surface area contributed by atoms with Crippen molar-refractivity contribution in [1.82, 2.24) is 0 Å². The fourth-order valence-corrected chi connectivity index (χ4v) is 2.44. The number of nitrogens with two attached hydrogens (primary N) is 1. The van der Waals surface area contributed by atoms with Gasteiger partial charge < -0.3 is 5.73 Å². The van der Waals surface area contributed by atoms with E-state index in [4.69, 9.17) is 17.3 Å². The van der Waals surface area contributed by atoms with E-state index in [2.05, 4.69) is 34.1 Å². The lowest BCUT2D eigenvalue weighted by Crippen LogP contribution is -2.25. The van der Waals surface area contributed by atoms with E-state index in [1.54, 1.807) is 0 Å². The van der Waals surface area contributed by atoms with Crippen LogP contribution in [0.1, 0.15) is 11.1 Å². The molecule has 0 radical (unpaired) electrons. The van der Waals surface area contributed by atoms with Gasteiger partial charge in [0.1, 0.15) is 0 Å². The Labute approximate surface area is 121 Å². The summed E-state index contributed by atoms with van der Waals surface area (Å²) in [6, 6.07) is 16.3. The molecular weight excluding hydrogens is 310 g/mol. The molecule has 18 heavy (non-hydrogen) atoms. The predicted molar refractivity (Wildman–Crippen MR) is 81.0 cm³/mol. The van der Waals surface area contributed by atoms with Crippen LogP contribution in [0.5, 0.6) is 0 Å². The van der Waals surface area contributed by atoms with Gasteiger partial charge in [-0.25, -0.2) is 0 Å². The molecule has 2 aromatic rings. The molecule has 0 fully saturated rings. The lowest BCUT2D eigenvalue weighted by Gasteiger charge is -2.12. The van der Waals surface area contributed by atoms with Crippen LogP contribution in [0, 0.1) is 0 Å². The molecule has 0 aliphatic carbocycles. The first-order chi connectivity index (χ1) is 8.63. The zero-order valence-electron chi connectivity index (χ0n) is 9.94. The molecule has 0 saturated carbocycles. The van der Waals surface area contributed by atoms with Gasteiger partial charge in [0.2, 0.25) is 0 Å². The summed E-state index contributed by atoms with van der Waals surface area (Å²) in [5.74, 6) is 0. The maximum absolute atomic E-state index is 6.17. The smallest absolute Gasteiger partial charge is 0.0408 e. The molecule has 2 rings (SSSR count). The van der Waals surface area contributed by atoms with E-state index in [9.17, 15) is 0 Å². The van der Waals surface area contributed by atoms with E-state index in [1.807, 2.05) is 30.3 Å². The molecule has 94 valence electrons. The molecule has 2 N–H and O–H groups in total. The summed E-state index contributed by atoms with van der Waals surface area (Å²) < 4.78 is 1.09. The van der Waals surface area contributed by atoms with Crippen LogP contribution in [0.15, 0.2) is 53.0 Å². The lowest BCUT2D eigenvalue weighted by atomic mass is 10.00. The van der Waals surface area contributed by atoms with Gasteiger partial charge in [-0.2, -0.15) is 0 Å². The van der Waals surface area contributed by atoms with E-state index < -0.39 is 0 Å². The zero-order chi connectivity index (χ0) is 13.0. The third-order valence-electron chi connectivity index (χ3n) is 2.80.